The Morgan fingerprint density at radius 3 is 0.750 bits per heavy atom. The Labute approximate surface area is 255 Å². The SMILES string of the molecule is CCCCCCCCCCCCCCCCCCC(C)=C(N)CCCCCCCCCCCCCCCCCC. The van der Waals surface area contributed by atoms with Crippen LogP contribution in [0.4, 0.5) is 0 Å². The molecule has 0 aromatic rings. The molecule has 2 N–H and O–H groups in total. The molecule has 1 heteroatoms. The summed E-state index contributed by atoms with van der Waals surface area (Å²) in [6.07, 6.45) is 48.3. The van der Waals surface area contributed by atoms with Gasteiger partial charge in [-0.05, 0) is 32.6 Å². The molecule has 0 rings (SSSR count). The summed E-state index contributed by atoms with van der Waals surface area (Å²) in [5.41, 5.74) is 9.10. The van der Waals surface area contributed by atoms with Crippen LogP contribution in [0.3, 0.4) is 0 Å². The fourth-order valence-corrected chi connectivity index (χ4v) is 6.18. The van der Waals surface area contributed by atoms with E-state index in [1.165, 1.54) is 223 Å². The molecule has 0 aliphatic heterocycles. The Hall–Kier alpha value is -0.460. The third-order valence-corrected chi connectivity index (χ3v) is 9.25. The minimum Gasteiger partial charge on any atom is -0.402 e. The maximum atomic E-state index is 6.42. The van der Waals surface area contributed by atoms with Crippen LogP contribution in [0, 0.1) is 0 Å². The Kier molecular flexibility index (Phi) is 34.3. The molecule has 0 aliphatic carbocycles. The van der Waals surface area contributed by atoms with Crippen LogP contribution in [0.2, 0.25) is 0 Å². The summed E-state index contributed by atoms with van der Waals surface area (Å²) < 4.78 is 0. The molecule has 1 nitrogen and oxygen atoms in total. The molecule has 0 atom stereocenters. The maximum Gasteiger partial charge on any atom is 0.00695 e. The van der Waals surface area contributed by atoms with E-state index in [1.807, 2.05) is 0 Å². The minimum absolute atomic E-state index is 1.13. The molecule has 0 heterocycles. The van der Waals surface area contributed by atoms with E-state index in [1.54, 1.807) is 0 Å². The molecule has 0 fully saturated rings. The number of nitrogens with two attached hydrogens (primary N) is 1. The lowest BCUT2D eigenvalue weighted by Gasteiger charge is -2.08. The van der Waals surface area contributed by atoms with Crippen LogP contribution in [0.1, 0.15) is 239 Å². The van der Waals surface area contributed by atoms with Gasteiger partial charge in [0.2, 0.25) is 0 Å². The van der Waals surface area contributed by atoms with Gasteiger partial charge in [-0.2, -0.15) is 0 Å². The van der Waals surface area contributed by atoms with Crippen molar-refractivity contribution in [2.24, 2.45) is 5.73 Å². The lowest BCUT2D eigenvalue weighted by molar-refractivity contribution is 0.528. The standard InChI is InChI=1S/C39H79N/c1-4-6-8-10-12-14-16-18-20-22-24-26-28-30-32-34-36-38(3)39(40)37-35-33-31-29-27-25-23-21-19-17-15-13-11-9-7-5-2/h4-37,40H2,1-3H3. The van der Waals surface area contributed by atoms with Gasteiger partial charge in [-0.1, -0.05) is 212 Å². The zero-order valence-corrected chi connectivity index (χ0v) is 28.6. The highest BCUT2D eigenvalue weighted by Crippen LogP contribution is 2.19. The van der Waals surface area contributed by atoms with E-state index in [2.05, 4.69) is 20.8 Å². The summed E-state index contributed by atoms with van der Waals surface area (Å²) in [5, 5.41) is 0. The predicted octanol–water partition coefficient (Wildman–Crippen LogP) is 14.5. The molecule has 0 aromatic heterocycles. The second kappa shape index (κ2) is 34.7. The van der Waals surface area contributed by atoms with Crippen molar-refractivity contribution in [1.82, 2.24) is 0 Å². The van der Waals surface area contributed by atoms with Crippen LogP contribution in [-0.4, -0.2) is 0 Å². The van der Waals surface area contributed by atoms with E-state index >= 15 is 0 Å². The molecule has 0 saturated carbocycles. The lowest BCUT2D eigenvalue weighted by Crippen LogP contribution is -2.01. The monoisotopic (exact) mass is 562 g/mol. The summed E-state index contributed by atoms with van der Waals surface area (Å²) in [6.45, 7) is 6.89. The van der Waals surface area contributed by atoms with E-state index in [0.29, 0.717) is 0 Å². The first kappa shape index (κ1) is 39.5. The van der Waals surface area contributed by atoms with Crippen LogP contribution in [0.15, 0.2) is 11.3 Å². The molecule has 0 spiro atoms. The van der Waals surface area contributed by atoms with Crippen LogP contribution in [-0.2, 0) is 0 Å². The number of allylic oxidation sites excluding steroid dienone is 2. The predicted molar refractivity (Wildman–Crippen MR) is 185 cm³/mol. The normalized spacial score (nSPS) is 12.3. The van der Waals surface area contributed by atoms with Gasteiger partial charge in [-0.3, -0.25) is 0 Å². The zero-order valence-electron chi connectivity index (χ0n) is 28.6. The second-order valence-electron chi connectivity index (χ2n) is 13.4. The van der Waals surface area contributed by atoms with Gasteiger partial charge in [0.25, 0.3) is 0 Å². The maximum absolute atomic E-state index is 6.42. The average Bonchev–Trinajstić information content (AvgIpc) is 2.96. The zero-order chi connectivity index (χ0) is 29.2. The fraction of sp³-hybridized carbons (Fsp3) is 0.949. The Morgan fingerprint density at radius 1 is 0.300 bits per heavy atom. The van der Waals surface area contributed by atoms with Gasteiger partial charge in [0.05, 0.1) is 0 Å². The van der Waals surface area contributed by atoms with Crippen LogP contribution < -0.4 is 5.73 Å². The molecule has 0 amide bonds. The number of hydrogen-bond acceptors (Lipinski definition) is 1. The van der Waals surface area contributed by atoms with Crippen molar-refractivity contribution in [2.45, 2.75) is 239 Å². The van der Waals surface area contributed by atoms with Gasteiger partial charge in [-0.15, -0.1) is 0 Å². The summed E-state index contributed by atoms with van der Waals surface area (Å²) in [6, 6.07) is 0. The minimum atomic E-state index is 1.13. The summed E-state index contributed by atoms with van der Waals surface area (Å²) >= 11 is 0. The van der Waals surface area contributed by atoms with Gasteiger partial charge in [0, 0.05) is 5.70 Å². The Balaban J connectivity index is 3.33. The molecule has 0 unspecified atom stereocenters. The highest BCUT2D eigenvalue weighted by Gasteiger charge is 2.01. The van der Waals surface area contributed by atoms with Crippen molar-refractivity contribution in [3.63, 3.8) is 0 Å². The van der Waals surface area contributed by atoms with E-state index in [-0.39, 0.29) is 0 Å². The van der Waals surface area contributed by atoms with Gasteiger partial charge < -0.3 is 5.73 Å². The topological polar surface area (TPSA) is 26.0 Å². The van der Waals surface area contributed by atoms with E-state index in [4.69, 9.17) is 5.73 Å². The number of hydrogen-bond donors (Lipinski definition) is 1. The van der Waals surface area contributed by atoms with E-state index in [0.717, 1.165) is 6.42 Å². The van der Waals surface area contributed by atoms with Crippen molar-refractivity contribution in [3.8, 4) is 0 Å². The fourth-order valence-electron chi connectivity index (χ4n) is 6.18. The molecule has 0 aliphatic rings. The highest BCUT2D eigenvalue weighted by molar-refractivity contribution is 5.08. The van der Waals surface area contributed by atoms with Gasteiger partial charge in [0.15, 0.2) is 0 Å². The largest absolute Gasteiger partial charge is 0.402 e. The summed E-state index contributed by atoms with van der Waals surface area (Å²) in [5.74, 6) is 0. The lowest BCUT2D eigenvalue weighted by atomic mass is 10.0. The Bertz CT molecular complexity index is 449. The van der Waals surface area contributed by atoms with Crippen LogP contribution in [0.25, 0.3) is 0 Å². The summed E-state index contributed by atoms with van der Waals surface area (Å²) in [4.78, 5) is 0. The molecular formula is C39H79N. The molecular weight excluding hydrogens is 482 g/mol. The molecule has 0 aromatic carbocycles. The summed E-state index contributed by atoms with van der Waals surface area (Å²) in [7, 11) is 0. The van der Waals surface area contributed by atoms with Crippen molar-refractivity contribution in [3.05, 3.63) is 11.3 Å². The highest BCUT2D eigenvalue weighted by atomic mass is 14.6. The smallest absolute Gasteiger partial charge is 0.00695 e. The molecule has 240 valence electrons. The van der Waals surface area contributed by atoms with E-state index < -0.39 is 0 Å². The molecule has 0 saturated heterocycles. The van der Waals surface area contributed by atoms with Crippen molar-refractivity contribution in [1.29, 1.82) is 0 Å². The van der Waals surface area contributed by atoms with Crippen LogP contribution >= 0.6 is 0 Å². The third kappa shape index (κ3) is 32.1. The second-order valence-corrected chi connectivity index (χ2v) is 13.4. The van der Waals surface area contributed by atoms with Crippen molar-refractivity contribution >= 4 is 0 Å². The average molecular weight is 562 g/mol. The first-order chi connectivity index (χ1) is 19.7. The molecule has 0 radical (unpaired) electrons. The van der Waals surface area contributed by atoms with Crippen LogP contribution in [0.5, 0.6) is 0 Å². The van der Waals surface area contributed by atoms with Crippen molar-refractivity contribution in [2.75, 3.05) is 0 Å². The van der Waals surface area contributed by atoms with Gasteiger partial charge in [-0.25, -0.2) is 0 Å². The number of rotatable bonds is 34. The molecule has 40 heavy (non-hydrogen) atoms. The number of unbranched alkanes of at least 4 members (excludes halogenated alkanes) is 30. The van der Waals surface area contributed by atoms with Gasteiger partial charge >= 0.3 is 0 Å². The quantitative estimate of drug-likeness (QED) is 0.0777. The Morgan fingerprint density at radius 2 is 0.500 bits per heavy atom. The molecule has 0 bridgehead atoms. The first-order valence-corrected chi connectivity index (χ1v) is 19.2. The third-order valence-electron chi connectivity index (χ3n) is 9.25. The first-order valence-electron chi connectivity index (χ1n) is 19.2. The van der Waals surface area contributed by atoms with Crippen molar-refractivity contribution < 1.29 is 0 Å². The van der Waals surface area contributed by atoms with Gasteiger partial charge in [0.1, 0.15) is 0 Å². The van der Waals surface area contributed by atoms with E-state index in [9.17, 15) is 0 Å².